The molecule has 1 aromatic carbocycles. The van der Waals surface area contributed by atoms with Crippen LogP contribution in [0.2, 0.25) is 5.02 Å². The molecule has 1 aromatic rings. The summed E-state index contributed by atoms with van der Waals surface area (Å²) in [6.45, 7) is 0.557. The van der Waals surface area contributed by atoms with Gasteiger partial charge in [0.1, 0.15) is 6.17 Å². The maximum absolute atomic E-state index is 12.7. The van der Waals surface area contributed by atoms with Crippen LogP contribution in [0, 0.1) is 0 Å². The van der Waals surface area contributed by atoms with Crippen LogP contribution in [0.1, 0.15) is 19.3 Å². The SMILES string of the molecule is NC(=O)C1=C(O)N2CCCCC2N(c2ccccc2Cl)C1=O. The summed E-state index contributed by atoms with van der Waals surface area (Å²) in [5.74, 6) is -1.88. The number of piperidine rings is 1. The first-order valence-electron chi connectivity index (χ1n) is 7.10. The molecule has 1 saturated heterocycles. The highest BCUT2D eigenvalue weighted by Gasteiger charge is 2.43. The smallest absolute Gasteiger partial charge is 0.271 e. The van der Waals surface area contributed by atoms with E-state index in [0.717, 1.165) is 12.8 Å². The van der Waals surface area contributed by atoms with Crippen LogP contribution in [0.5, 0.6) is 0 Å². The van der Waals surface area contributed by atoms with Crippen LogP contribution in [0.4, 0.5) is 5.69 Å². The van der Waals surface area contributed by atoms with Gasteiger partial charge < -0.3 is 15.7 Å². The molecule has 7 heteroatoms. The average molecular weight is 322 g/mol. The van der Waals surface area contributed by atoms with E-state index in [4.69, 9.17) is 17.3 Å². The third kappa shape index (κ3) is 2.20. The monoisotopic (exact) mass is 321 g/mol. The number of aliphatic hydroxyl groups is 1. The van der Waals surface area contributed by atoms with Gasteiger partial charge in [-0.25, -0.2) is 0 Å². The molecule has 2 aliphatic rings. The summed E-state index contributed by atoms with van der Waals surface area (Å²) in [5.41, 5.74) is 5.40. The minimum Gasteiger partial charge on any atom is -0.494 e. The Morgan fingerprint density at radius 1 is 1.32 bits per heavy atom. The van der Waals surface area contributed by atoms with Crippen LogP contribution < -0.4 is 10.6 Å². The Balaban J connectivity index is 2.15. The molecular formula is C15H16ClN3O3. The molecule has 0 aromatic heterocycles. The number of anilines is 1. The Bertz CT molecular complexity index is 674. The fourth-order valence-corrected chi connectivity index (χ4v) is 3.28. The summed E-state index contributed by atoms with van der Waals surface area (Å²) in [4.78, 5) is 27.4. The maximum atomic E-state index is 12.7. The van der Waals surface area contributed by atoms with E-state index in [9.17, 15) is 14.7 Å². The first-order valence-corrected chi connectivity index (χ1v) is 7.48. The van der Waals surface area contributed by atoms with Crippen LogP contribution in [0.25, 0.3) is 0 Å². The Morgan fingerprint density at radius 2 is 2.05 bits per heavy atom. The molecule has 2 amide bonds. The molecule has 3 rings (SSSR count). The molecule has 116 valence electrons. The molecule has 0 aliphatic carbocycles. The quantitative estimate of drug-likeness (QED) is 0.812. The third-order valence-electron chi connectivity index (χ3n) is 4.06. The molecule has 1 unspecified atom stereocenters. The van der Waals surface area contributed by atoms with Crippen LogP contribution >= 0.6 is 11.6 Å². The molecule has 1 atom stereocenters. The molecular weight excluding hydrogens is 306 g/mol. The van der Waals surface area contributed by atoms with E-state index in [0.29, 0.717) is 23.7 Å². The van der Waals surface area contributed by atoms with Gasteiger partial charge in [-0.05, 0) is 31.4 Å². The van der Waals surface area contributed by atoms with Crippen molar-refractivity contribution in [2.45, 2.75) is 25.4 Å². The lowest BCUT2D eigenvalue weighted by Gasteiger charge is -2.46. The van der Waals surface area contributed by atoms with Crippen LogP contribution in [0.15, 0.2) is 35.7 Å². The van der Waals surface area contributed by atoms with Crippen molar-refractivity contribution < 1.29 is 14.7 Å². The Kier molecular flexibility index (Phi) is 3.70. The van der Waals surface area contributed by atoms with E-state index in [1.807, 2.05) is 0 Å². The number of carbonyl (C=O) groups is 2. The lowest BCUT2D eigenvalue weighted by molar-refractivity contribution is -0.123. The lowest BCUT2D eigenvalue weighted by atomic mass is 10.0. The Labute approximate surface area is 132 Å². The number of hydrogen-bond donors (Lipinski definition) is 2. The molecule has 0 radical (unpaired) electrons. The van der Waals surface area contributed by atoms with Gasteiger partial charge in [-0.3, -0.25) is 14.5 Å². The Morgan fingerprint density at radius 3 is 2.73 bits per heavy atom. The van der Waals surface area contributed by atoms with Crippen LogP contribution in [0.3, 0.4) is 0 Å². The van der Waals surface area contributed by atoms with E-state index < -0.39 is 17.4 Å². The van der Waals surface area contributed by atoms with Gasteiger partial charge in [-0.2, -0.15) is 0 Å². The van der Waals surface area contributed by atoms with Crippen LogP contribution in [-0.2, 0) is 9.59 Å². The summed E-state index contributed by atoms with van der Waals surface area (Å²) >= 11 is 6.21. The minimum atomic E-state index is -0.941. The number of carbonyl (C=O) groups excluding carboxylic acids is 2. The average Bonchev–Trinajstić information content (AvgIpc) is 2.49. The largest absolute Gasteiger partial charge is 0.494 e. The fourth-order valence-electron chi connectivity index (χ4n) is 3.06. The van der Waals surface area contributed by atoms with E-state index in [1.54, 1.807) is 29.2 Å². The molecule has 6 nitrogen and oxygen atoms in total. The van der Waals surface area contributed by atoms with Crippen molar-refractivity contribution in [1.29, 1.82) is 0 Å². The molecule has 0 bridgehead atoms. The highest BCUT2D eigenvalue weighted by molar-refractivity contribution is 6.35. The van der Waals surface area contributed by atoms with Gasteiger partial charge >= 0.3 is 0 Å². The van der Waals surface area contributed by atoms with Crippen molar-refractivity contribution in [3.8, 4) is 0 Å². The number of amides is 2. The number of halogens is 1. The predicted molar refractivity (Wildman–Crippen MR) is 82.1 cm³/mol. The zero-order chi connectivity index (χ0) is 15.9. The molecule has 22 heavy (non-hydrogen) atoms. The number of hydrogen-bond acceptors (Lipinski definition) is 4. The summed E-state index contributed by atoms with van der Waals surface area (Å²) < 4.78 is 0. The van der Waals surface area contributed by atoms with Gasteiger partial charge in [0.25, 0.3) is 11.8 Å². The standard InChI is InChI=1S/C15H16ClN3O3/c16-9-5-1-2-6-10(9)19-11-7-3-4-8-18(11)14(21)12(13(17)20)15(19)22/h1-2,5-6,11,21H,3-4,7-8H2,(H2,17,20). The summed E-state index contributed by atoms with van der Waals surface area (Å²) in [6.07, 6.45) is 2.13. The second-order valence-corrected chi connectivity index (χ2v) is 5.77. The van der Waals surface area contributed by atoms with E-state index in [-0.39, 0.29) is 12.0 Å². The van der Waals surface area contributed by atoms with Gasteiger partial charge in [0.2, 0.25) is 5.88 Å². The molecule has 1 fully saturated rings. The number of nitrogens with zero attached hydrogens (tertiary/aromatic N) is 2. The highest BCUT2D eigenvalue weighted by Crippen LogP contribution is 2.36. The number of para-hydroxylation sites is 1. The van der Waals surface area contributed by atoms with Gasteiger partial charge in [0.05, 0.1) is 10.7 Å². The van der Waals surface area contributed by atoms with Crippen molar-refractivity contribution in [2.75, 3.05) is 11.4 Å². The Hall–Kier alpha value is -2.21. The number of nitrogens with two attached hydrogens (primary N) is 1. The van der Waals surface area contributed by atoms with E-state index in [2.05, 4.69) is 0 Å². The normalized spacial score (nSPS) is 21.9. The maximum Gasteiger partial charge on any atom is 0.271 e. The second kappa shape index (κ2) is 5.53. The van der Waals surface area contributed by atoms with E-state index in [1.165, 1.54) is 4.90 Å². The third-order valence-corrected chi connectivity index (χ3v) is 4.38. The highest BCUT2D eigenvalue weighted by atomic mass is 35.5. The van der Waals surface area contributed by atoms with Gasteiger partial charge in [-0.1, -0.05) is 23.7 Å². The topological polar surface area (TPSA) is 86.9 Å². The summed E-state index contributed by atoms with van der Waals surface area (Å²) in [6, 6.07) is 6.93. The van der Waals surface area contributed by atoms with Crippen molar-refractivity contribution >= 4 is 29.1 Å². The lowest BCUT2D eigenvalue weighted by Crippen LogP contribution is -2.58. The number of benzene rings is 1. The summed E-state index contributed by atoms with van der Waals surface area (Å²) in [5, 5.41) is 10.7. The molecule has 3 N–H and O–H groups in total. The summed E-state index contributed by atoms with van der Waals surface area (Å²) in [7, 11) is 0. The van der Waals surface area contributed by atoms with Gasteiger partial charge in [0, 0.05) is 6.54 Å². The molecule has 0 spiro atoms. The number of rotatable bonds is 2. The fraction of sp³-hybridized carbons (Fsp3) is 0.333. The predicted octanol–water partition coefficient (Wildman–Crippen LogP) is 1.75. The van der Waals surface area contributed by atoms with Crippen molar-refractivity contribution in [3.63, 3.8) is 0 Å². The number of fused-ring (bicyclic) bond motifs is 1. The van der Waals surface area contributed by atoms with Crippen LogP contribution in [-0.4, -0.2) is 34.5 Å². The van der Waals surface area contributed by atoms with E-state index >= 15 is 0 Å². The molecule has 2 aliphatic heterocycles. The number of aliphatic hydroxyl groups excluding tert-OH is 1. The molecule has 0 saturated carbocycles. The zero-order valence-electron chi connectivity index (χ0n) is 11.8. The first kappa shape index (κ1) is 14.7. The van der Waals surface area contributed by atoms with Gasteiger partial charge in [0.15, 0.2) is 5.57 Å². The zero-order valence-corrected chi connectivity index (χ0v) is 12.6. The second-order valence-electron chi connectivity index (χ2n) is 5.36. The van der Waals surface area contributed by atoms with Gasteiger partial charge in [-0.15, -0.1) is 0 Å². The van der Waals surface area contributed by atoms with Crippen molar-refractivity contribution in [3.05, 3.63) is 40.7 Å². The molecule has 2 heterocycles. The van der Waals surface area contributed by atoms with Crippen molar-refractivity contribution in [1.82, 2.24) is 4.90 Å². The number of primary amides is 1. The first-order chi connectivity index (χ1) is 10.5. The van der Waals surface area contributed by atoms with Crippen molar-refractivity contribution in [2.24, 2.45) is 5.73 Å². The minimum absolute atomic E-state index is 0.328.